The average molecular weight is 859 g/mol. The van der Waals surface area contributed by atoms with E-state index in [0.717, 1.165) is 94.3 Å². The van der Waals surface area contributed by atoms with E-state index >= 15 is 0 Å². The zero-order chi connectivity index (χ0) is 34.4. The Morgan fingerprint density at radius 2 is 1.23 bits per heavy atom. The number of anilines is 3. The van der Waals surface area contributed by atoms with Gasteiger partial charge >= 0.3 is 21.1 Å². The molecule has 0 aliphatic carbocycles. The van der Waals surface area contributed by atoms with Crippen LogP contribution in [0, 0.1) is 6.07 Å². The van der Waals surface area contributed by atoms with Gasteiger partial charge in [-0.15, -0.1) is 40.9 Å². The fourth-order valence-corrected chi connectivity index (χ4v) is 7.31. The van der Waals surface area contributed by atoms with Gasteiger partial charge in [0.05, 0.1) is 16.9 Å². The Balaban J connectivity index is 0.00000372. The molecule has 10 aromatic rings. The molecule has 252 valence electrons. The van der Waals surface area contributed by atoms with Gasteiger partial charge in [-0.25, -0.2) is 4.98 Å². The van der Waals surface area contributed by atoms with Gasteiger partial charge in [0.15, 0.2) is 0 Å². The molecule has 6 heteroatoms. The summed E-state index contributed by atoms with van der Waals surface area (Å²) in [7, 11) is 0. The van der Waals surface area contributed by atoms with E-state index in [0.29, 0.717) is 0 Å². The van der Waals surface area contributed by atoms with Crippen LogP contribution in [0.3, 0.4) is 0 Å². The van der Waals surface area contributed by atoms with E-state index in [1.165, 1.54) is 0 Å². The van der Waals surface area contributed by atoms with Crippen molar-refractivity contribution in [2.24, 2.45) is 0 Å². The molecule has 0 aliphatic heterocycles. The number of hydrogen-bond donors (Lipinski definition) is 0. The first kappa shape index (κ1) is 32.5. The Kier molecular flexibility index (Phi) is 8.34. The van der Waals surface area contributed by atoms with Crippen molar-refractivity contribution < 1.29 is 21.1 Å². The number of rotatable bonds is 6. The first-order valence-corrected chi connectivity index (χ1v) is 17.3. The van der Waals surface area contributed by atoms with Crippen molar-refractivity contribution >= 4 is 60.7 Å². The van der Waals surface area contributed by atoms with Crippen molar-refractivity contribution in [3.63, 3.8) is 0 Å². The van der Waals surface area contributed by atoms with Gasteiger partial charge in [0.2, 0.25) is 0 Å². The molecule has 4 heterocycles. The van der Waals surface area contributed by atoms with Crippen molar-refractivity contribution in [3.05, 3.63) is 182 Å². The molecular weight excluding hydrogens is 830 g/mol. The smallest absolute Gasteiger partial charge is 0.656 e. The van der Waals surface area contributed by atoms with E-state index in [1.807, 2.05) is 42.7 Å². The van der Waals surface area contributed by atoms with Crippen molar-refractivity contribution in [3.8, 4) is 33.6 Å². The van der Waals surface area contributed by atoms with Crippen LogP contribution in [0.5, 0.6) is 0 Å². The number of benzene rings is 6. The summed E-state index contributed by atoms with van der Waals surface area (Å²) in [5.41, 5.74) is 10.3. The maximum atomic E-state index is 5.37. The van der Waals surface area contributed by atoms with E-state index in [-0.39, 0.29) is 21.1 Å². The largest absolute Gasteiger partial charge is 2.00 e. The van der Waals surface area contributed by atoms with Crippen LogP contribution in [0.1, 0.15) is 0 Å². The fraction of sp³-hybridized carbons (Fsp3) is 0. The zero-order valence-electron chi connectivity index (χ0n) is 28.3. The molecule has 0 aliphatic rings. The number of hydrogen-bond acceptors (Lipinski definition) is 4. The molecule has 5 nitrogen and oxygen atoms in total. The molecule has 0 amide bonds. The van der Waals surface area contributed by atoms with E-state index < -0.39 is 0 Å². The second-order valence-electron chi connectivity index (χ2n) is 12.8. The van der Waals surface area contributed by atoms with Gasteiger partial charge in [0.1, 0.15) is 5.82 Å². The quantitative estimate of drug-likeness (QED) is 0.156. The van der Waals surface area contributed by atoms with Crippen molar-refractivity contribution in [2.75, 3.05) is 4.90 Å². The van der Waals surface area contributed by atoms with Crippen LogP contribution >= 0.6 is 0 Å². The van der Waals surface area contributed by atoms with Crippen LogP contribution in [0.25, 0.3) is 77.1 Å². The van der Waals surface area contributed by atoms with E-state index in [1.54, 1.807) is 0 Å². The third-order valence-electron chi connectivity index (χ3n) is 9.69. The van der Waals surface area contributed by atoms with Crippen LogP contribution in [0.15, 0.2) is 176 Å². The summed E-state index contributed by atoms with van der Waals surface area (Å²) in [4.78, 5) is 22.3. The summed E-state index contributed by atoms with van der Waals surface area (Å²) in [6.45, 7) is 0. The van der Waals surface area contributed by atoms with Crippen LogP contribution in [-0.2, 0) is 21.1 Å². The van der Waals surface area contributed by atoms with Gasteiger partial charge in [-0.1, -0.05) is 115 Å². The summed E-state index contributed by atoms with van der Waals surface area (Å²) in [6, 6.07) is 60.2. The molecule has 0 unspecified atom stereocenters. The SMILES string of the molecule is [Pt+2].[c-]1c(-c2cc(-c3cccc4cccnc34)cc(-c3cccc4c3[n-]c3ccccc34)n2)cccc1N(c1ccccn1)c1cccc2ccccc12. The summed E-state index contributed by atoms with van der Waals surface area (Å²) in [5.74, 6) is 0.803. The summed E-state index contributed by atoms with van der Waals surface area (Å²) in [6.07, 6.45) is 3.68. The van der Waals surface area contributed by atoms with Gasteiger partial charge in [-0.05, 0) is 69.0 Å². The average Bonchev–Trinajstić information content (AvgIpc) is 3.60. The number of aromatic nitrogens is 4. The maximum absolute atomic E-state index is 5.37. The Hall–Kier alpha value is -6.42. The molecule has 0 bridgehead atoms. The van der Waals surface area contributed by atoms with Gasteiger partial charge in [-0.2, -0.15) is 0 Å². The number of para-hydroxylation sites is 3. The van der Waals surface area contributed by atoms with Crippen LogP contribution in [0.2, 0.25) is 0 Å². The molecule has 53 heavy (non-hydrogen) atoms. The van der Waals surface area contributed by atoms with Gasteiger partial charge in [0.25, 0.3) is 0 Å². The van der Waals surface area contributed by atoms with Crippen LogP contribution in [-0.4, -0.2) is 15.0 Å². The molecule has 0 fully saturated rings. The van der Waals surface area contributed by atoms with Gasteiger partial charge in [0, 0.05) is 28.7 Å². The molecule has 0 atom stereocenters. The minimum atomic E-state index is 0. The first-order chi connectivity index (χ1) is 25.8. The Bertz CT molecular complexity index is 2930. The molecule has 0 saturated carbocycles. The van der Waals surface area contributed by atoms with E-state index in [4.69, 9.17) is 19.9 Å². The van der Waals surface area contributed by atoms with Crippen molar-refractivity contribution in [2.45, 2.75) is 0 Å². The molecule has 0 radical (unpaired) electrons. The monoisotopic (exact) mass is 858 g/mol. The maximum Gasteiger partial charge on any atom is 2.00 e. The molecule has 10 rings (SSSR count). The molecule has 6 aromatic carbocycles. The Morgan fingerprint density at radius 1 is 0.528 bits per heavy atom. The molecule has 4 aromatic heterocycles. The Labute approximate surface area is 320 Å². The minimum absolute atomic E-state index is 0. The normalized spacial score (nSPS) is 11.2. The molecule has 0 spiro atoms. The number of pyridine rings is 3. The molecular formula is C47H29N5Pt. The summed E-state index contributed by atoms with van der Waals surface area (Å²) < 4.78 is 0. The topological polar surface area (TPSA) is 56.0 Å². The number of nitrogens with zero attached hydrogens (tertiary/aromatic N) is 5. The minimum Gasteiger partial charge on any atom is -0.656 e. The first-order valence-electron chi connectivity index (χ1n) is 17.3. The van der Waals surface area contributed by atoms with Crippen LogP contribution in [0.4, 0.5) is 17.2 Å². The van der Waals surface area contributed by atoms with Crippen LogP contribution < -0.4 is 9.88 Å². The second-order valence-corrected chi connectivity index (χ2v) is 12.8. The predicted octanol–water partition coefficient (Wildman–Crippen LogP) is 11.7. The van der Waals surface area contributed by atoms with Gasteiger partial charge < -0.3 is 9.88 Å². The third kappa shape index (κ3) is 5.76. The molecule has 0 N–H and O–H groups in total. The summed E-state index contributed by atoms with van der Waals surface area (Å²) >= 11 is 0. The van der Waals surface area contributed by atoms with Crippen molar-refractivity contribution in [1.82, 2.24) is 19.9 Å². The second kappa shape index (κ2) is 13.6. The summed E-state index contributed by atoms with van der Waals surface area (Å²) in [5, 5.41) is 5.62. The van der Waals surface area contributed by atoms with Crippen molar-refractivity contribution in [1.29, 1.82) is 0 Å². The molecule has 0 saturated heterocycles. The number of fused-ring (bicyclic) bond motifs is 5. The fourth-order valence-electron chi connectivity index (χ4n) is 7.31. The zero-order valence-corrected chi connectivity index (χ0v) is 30.6. The van der Waals surface area contributed by atoms with Gasteiger partial charge in [-0.3, -0.25) is 9.97 Å². The van der Waals surface area contributed by atoms with E-state index in [2.05, 4.69) is 144 Å². The predicted molar refractivity (Wildman–Crippen MR) is 213 cm³/mol. The third-order valence-corrected chi connectivity index (χ3v) is 9.69. The van der Waals surface area contributed by atoms with E-state index in [9.17, 15) is 0 Å². The standard InChI is InChI=1S/C47H29N5.Pt/c1-2-18-36-31(12-1)13-9-24-44(36)52(45-25-5-6-26-48-45)35-17-7-15-33(28-35)42-29-34(37-20-8-14-32-16-11-27-49-46(32)37)30-43(50-42)40-22-10-21-39-38-19-3-4-23-41(38)51-47(39)40;/h1-27,29-30H;/q-2;+2. The Morgan fingerprint density at radius 3 is 2.15 bits per heavy atom.